The molecule has 9 heteroatoms. The molecule has 0 aliphatic carbocycles. The van der Waals surface area contributed by atoms with Crippen LogP contribution < -0.4 is 11.1 Å². The molecule has 0 bridgehead atoms. The van der Waals surface area contributed by atoms with Gasteiger partial charge in [-0.15, -0.1) is 34.2 Å². The highest BCUT2D eigenvalue weighted by atomic mass is 127. The Kier molecular flexibility index (Phi) is 8.11. The third kappa shape index (κ3) is 5.31. The monoisotopic (exact) mass is 475 g/mol. The maximum atomic E-state index is 11.2. The number of aromatic nitrogens is 3. The van der Waals surface area contributed by atoms with Crippen molar-refractivity contribution >= 4 is 35.8 Å². The molecule has 1 fully saturated rings. The zero-order chi connectivity index (χ0) is 17.6. The molecular weight excluding hydrogens is 445 g/mol. The number of aliphatic imine (C=N–C) groups is 1. The fourth-order valence-electron chi connectivity index (χ4n) is 3.88. The molecule has 26 heavy (non-hydrogen) atoms. The van der Waals surface area contributed by atoms with Crippen LogP contribution in [0.15, 0.2) is 4.99 Å². The van der Waals surface area contributed by atoms with Gasteiger partial charge < -0.3 is 20.5 Å². The second-order valence-electron chi connectivity index (χ2n) is 7.02. The Morgan fingerprint density at radius 3 is 2.88 bits per heavy atom. The van der Waals surface area contributed by atoms with E-state index in [1.54, 1.807) is 7.05 Å². The maximum Gasteiger partial charge on any atom is 0.217 e. The van der Waals surface area contributed by atoms with Gasteiger partial charge in [0.15, 0.2) is 11.8 Å². The van der Waals surface area contributed by atoms with Crippen LogP contribution in [0.3, 0.4) is 0 Å². The average Bonchev–Trinajstić information content (AvgIpc) is 2.82. The van der Waals surface area contributed by atoms with E-state index in [1.165, 1.54) is 19.3 Å². The summed E-state index contributed by atoms with van der Waals surface area (Å²) in [6.45, 7) is 3.40. The lowest BCUT2D eigenvalue weighted by Crippen LogP contribution is -2.47. The molecule has 3 rings (SSSR count). The van der Waals surface area contributed by atoms with E-state index in [4.69, 9.17) is 5.73 Å². The summed E-state index contributed by atoms with van der Waals surface area (Å²) in [4.78, 5) is 17.8. The topological polar surface area (TPSA) is 101 Å². The Hall–Kier alpha value is -1.39. The van der Waals surface area contributed by atoms with Crippen LogP contribution in [-0.2, 0) is 24.3 Å². The van der Waals surface area contributed by atoms with Gasteiger partial charge in [-0.05, 0) is 31.6 Å². The minimum Gasteiger partial charge on any atom is -0.370 e. The number of amides is 1. The Bertz CT molecular complexity index is 631. The first kappa shape index (κ1) is 20.9. The van der Waals surface area contributed by atoms with Gasteiger partial charge >= 0.3 is 0 Å². The second-order valence-corrected chi connectivity index (χ2v) is 7.02. The Morgan fingerprint density at radius 1 is 1.27 bits per heavy atom. The van der Waals surface area contributed by atoms with Crippen molar-refractivity contribution in [2.75, 3.05) is 20.1 Å². The number of rotatable bonds is 4. The molecule has 3 N–H and O–H groups in total. The highest BCUT2D eigenvalue weighted by molar-refractivity contribution is 14.0. The lowest BCUT2D eigenvalue weighted by Gasteiger charge is -2.34. The average molecular weight is 475 g/mol. The van der Waals surface area contributed by atoms with Crippen molar-refractivity contribution in [1.29, 1.82) is 0 Å². The number of fused-ring (bicyclic) bond motifs is 1. The van der Waals surface area contributed by atoms with Crippen LogP contribution in [0.2, 0.25) is 0 Å². The number of aryl methyl sites for hydroxylation is 1. The van der Waals surface area contributed by atoms with Crippen LogP contribution in [0.5, 0.6) is 0 Å². The molecule has 0 spiro atoms. The maximum absolute atomic E-state index is 11.2. The normalized spacial score (nSPS) is 20.7. The number of halogens is 1. The number of guanidine groups is 1. The second kappa shape index (κ2) is 10.1. The summed E-state index contributed by atoms with van der Waals surface area (Å²) in [5.74, 6) is 3.03. The molecular formula is C17H30IN7O. The fraction of sp³-hybridized carbons (Fsp3) is 0.765. The van der Waals surface area contributed by atoms with Gasteiger partial charge in [-0.3, -0.25) is 9.79 Å². The molecule has 8 nitrogen and oxygen atoms in total. The quantitative estimate of drug-likeness (QED) is 0.388. The molecule has 0 radical (unpaired) electrons. The zero-order valence-corrected chi connectivity index (χ0v) is 17.8. The van der Waals surface area contributed by atoms with Crippen LogP contribution >= 0.6 is 24.0 Å². The number of hydrogen-bond donors (Lipinski definition) is 2. The highest BCUT2D eigenvalue weighted by Gasteiger charge is 2.24. The molecule has 1 saturated heterocycles. The van der Waals surface area contributed by atoms with Crippen molar-refractivity contribution < 1.29 is 4.79 Å². The Labute approximate surface area is 172 Å². The van der Waals surface area contributed by atoms with E-state index in [1.807, 2.05) is 0 Å². The predicted octanol–water partition coefficient (Wildman–Crippen LogP) is 1.29. The number of hydrogen-bond acceptors (Lipinski definition) is 4. The minimum absolute atomic E-state index is 0. The third-order valence-electron chi connectivity index (χ3n) is 5.11. The molecule has 3 heterocycles. The smallest absolute Gasteiger partial charge is 0.217 e. The van der Waals surface area contributed by atoms with Gasteiger partial charge in [0, 0.05) is 39.5 Å². The van der Waals surface area contributed by atoms with Crippen LogP contribution in [0, 0.1) is 5.92 Å². The summed E-state index contributed by atoms with van der Waals surface area (Å²) in [5, 5.41) is 12.1. The number of likely N-dealkylation sites (tertiary alicyclic amines) is 1. The fourth-order valence-corrected chi connectivity index (χ4v) is 3.88. The summed E-state index contributed by atoms with van der Waals surface area (Å²) < 4.78 is 2.25. The molecule has 0 aromatic carbocycles. The van der Waals surface area contributed by atoms with Crippen molar-refractivity contribution in [1.82, 2.24) is 25.0 Å². The number of nitrogens with zero attached hydrogens (tertiary/aromatic N) is 5. The summed E-state index contributed by atoms with van der Waals surface area (Å²) in [5.41, 5.74) is 5.36. The van der Waals surface area contributed by atoms with Crippen LogP contribution in [0.4, 0.5) is 0 Å². The van der Waals surface area contributed by atoms with E-state index in [0.29, 0.717) is 18.9 Å². The van der Waals surface area contributed by atoms with Gasteiger partial charge in [-0.2, -0.15) is 0 Å². The van der Waals surface area contributed by atoms with Gasteiger partial charge in [0.05, 0.1) is 6.54 Å². The molecule has 1 aromatic rings. The molecule has 1 aromatic heterocycles. The number of carbonyl (C=O) groups excluding carboxylic acids is 1. The number of nitrogens with one attached hydrogen (secondary N) is 1. The third-order valence-corrected chi connectivity index (χ3v) is 5.11. The lowest BCUT2D eigenvalue weighted by atomic mass is 9.95. The molecule has 1 amide bonds. The van der Waals surface area contributed by atoms with Crippen molar-refractivity contribution in [3.05, 3.63) is 11.6 Å². The molecule has 2 aliphatic rings. The molecule has 0 saturated carbocycles. The number of primary amides is 1. The number of nitrogens with two attached hydrogens (primary N) is 1. The van der Waals surface area contributed by atoms with Gasteiger partial charge in [-0.25, -0.2) is 0 Å². The van der Waals surface area contributed by atoms with E-state index in [0.717, 1.165) is 56.5 Å². The van der Waals surface area contributed by atoms with Crippen molar-refractivity contribution in [3.63, 3.8) is 0 Å². The summed E-state index contributed by atoms with van der Waals surface area (Å²) >= 11 is 0. The van der Waals surface area contributed by atoms with E-state index in [-0.39, 0.29) is 29.9 Å². The standard InChI is InChI=1S/C17H29N7O.HI/c1-19-17(23-8-5-6-13(12-23)10-14(18)25)20-11-16-22-21-15-7-3-2-4-9-24(15)16;/h13H,2-12H2,1H3,(H2,18,25)(H,19,20);1H. The van der Waals surface area contributed by atoms with E-state index in [2.05, 4.69) is 30.0 Å². The van der Waals surface area contributed by atoms with Gasteiger partial charge in [0.25, 0.3) is 0 Å². The predicted molar refractivity (Wildman–Crippen MR) is 111 cm³/mol. The van der Waals surface area contributed by atoms with Crippen LogP contribution in [0.25, 0.3) is 0 Å². The van der Waals surface area contributed by atoms with Crippen molar-refractivity contribution in [3.8, 4) is 0 Å². The molecule has 2 aliphatic heterocycles. The summed E-state index contributed by atoms with van der Waals surface area (Å²) in [6, 6.07) is 0. The van der Waals surface area contributed by atoms with E-state index < -0.39 is 0 Å². The minimum atomic E-state index is -0.221. The Morgan fingerprint density at radius 2 is 2.12 bits per heavy atom. The van der Waals surface area contributed by atoms with Gasteiger partial charge in [0.1, 0.15) is 5.82 Å². The first-order valence-electron chi connectivity index (χ1n) is 9.32. The van der Waals surface area contributed by atoms with Crippen LogP contribution in [0.1, 0.15) is 50.2 Å². The van der Waals surface area contributed by atoms with Crippen molar-refractivity contribution in [2.24, 2.45) is 16.6 Å². The van der Waals surface area contributed by atoms with E-state index >= 15 is 0 Å². The molecule has 1 unspecified atom stereocenters. The number of carbonyl (C=O) groups is 1. The summed E-state index contributed by atoms with van der Waals surface area (Å²) in [7, 11) is 1.80. The van der Waals surface area contributed by atoms with E-state index in [9.17, 15) is 4.79 Å². The van der Waals surface area contributed by atoms with Gasteiger partial charge in [0.2, 0.25) is 5.91 Å². The zero-order valence-electron chi connectivity index (χ0n) is 15.5. The highest BCUT2D eigenvalue weighted by Crippen LogP contribution is 2.19. The first-order valence-corrected chi connectivity index (χ1v) is 9.32. The molecule has 146 valence electrons. The van der Waals surface area contributed by atoms with Crippen LogP contribution in [-0.4, -0.2) is 51.7 Å². The SMILES string of the molecule is CN=C(NCc1nnc2n1CCCCC2)N1CCCC(CC(N)=O)C1.I. The van der Waals surface area contributed by atoms with Gasteiger partial charge in [-0.1, -0.05) is 6.42 Å². The first-order chi connectivity index (χ1) is 12.2. The molecule has 1 atom stereocenters. The number of piperidine rings is 1. The van der Waals surface area contributed by atoms with Crippen molar-refractivity contribution in [2.45, 2.75) is 58.0 Å². The summed E-state index contributed by atoms with van der Waals surface area (Å²) in [6.07, 6.45) is 7.21. The Balaban J connectivity index is 0.00000243. The largest absolute Gasteiger partial charge is 0.370 e. The lowest BCUT2D eigenvalue weighted by molar-refractivity contribution is -0.119.